The van der Waals surface area contributed by atoms with E-state index in [0.29, 0.717) is 12.8 Å². The fraction of sp³-hybridized carbons (Fsp3) is 0.343. The van der Waals surface area contributed by atoms with Crippen molar-refractivity contribution in [3.63, 3.8) is 0 Å². The molecule has 1 aliphatic heterocycles. The number of hydrogen-bond donors (Lipinski definition) is 0. The number of amides is 1. The van der Waals surface area contributed by atoms with Crippen molar-refractivity contribution in [1.82, 2.24) is 4.90 Å². The first-order chi connectivity index (χ1) is 18.8. The average molecular weight is 641 g/mol. The Bertz CT molecular complexity index is 1190. The summed E-state index contributed by atoms with van der Waals surface area (Å²) in [7, 11) is -1.75. The third-order valence-corrected chi connectivity index (χ3v) is 25.4. The van der Waals surface area contributed by atoms with E-state index >= 15 is 0 Å². The normalized spacial score (nSPS) is 17.2. The Morgan fingerprint density at radius 1 is 0.949 bits per heavy atom. The summed E-state index contributed by atoms with van der Waals surface area (Å²) in [5.41, 5.74) is 0. The van der Waals surface area contributed by atoms with E-state index in [9.17, 15) is 4.79 Å². The fourth-order valence-corrected chi connectivity index (χ4v) is 26.8. The van der Waals surface area contributed by atoms with E-state index in [1.54, 1.807) is 5.20 Å². The van der Waals surface area contributed by atoms with Crippen molar-refractivity contribution in [2.45, 2.75) is 62.7 Å². The monoisotopic (exact) mass is 641 g/mol. The van der Waals surface area contributed by atoms with E-state index in [1.165, 1.54) is 10.7 Å². The molecule has 0 radical (unpaired) electrons. The number of terminal acetylenes is 1. The molecule has 1 unspecified atom stereocenters. The van der Waals surface area contributed by atoms with Gasteiger partial charge in [0.25, 0.3) is 0 Å². The van der Waals surface area contributed by atoms with Crippen LogP contribution in [0.3, 0.4) is 0 Å². The number of nitrogens with zero attached hydrogens (tertiary/aromatic N) is 1. The van der Waals surface area contributed by atoms with Crippen LogP contribution < -0.4 is 10.7 Å². The third-order valence-electron chi connectivity index (χ3n) is 8.24. The van der Waals surface area contributed by atoms with Crippen LogP contribution in [-0.2, 0) is 4.79 Å². The van der Waals surface area contributed by atoms with E-state index in [4.69, 9.17) is 6.42 Å². The summed E-state index contributed by atoms with van der Waals surface area (Å²) >= 11 is -3.50. The van der Waals surface area contributed by atoms with Crippen LogP contribution in [-0.4, -0.2) is 49.8 Å². The summed E-state index contributed by atoms with van der Waals surface area (Å²) in [6.45, 7) is 10.5. The van der Waals surface area contributed by atoms with Gasteiger partial charge in [-0.05, 0) is 0 Å². The van der Waals surface area contributed by atoms with Crippen molar-refractivity contribution in [2.24, 2.45) is 5.92 Å². The summed E-state index contributed by atoms with van der Waals surface area (Å²) < 4.78 is 5.61. The van der Waals surface area contributed by atoms with Gasteiger partial charge in [0, 0.05) is 0 Å². The Morgan fingerprint density at radius 3 is 1.85 bits per heavy atom. The summed E-state index contributed by atoms with van der Waals surface area (Å²) in [6, 6.07) is 34.0. The second kappa shape index (κ2) is 13.2. The van der Waals surface area contributed by atoms with Crippen molar-refractivity contribution < 1.29 is 4.79 Å². The number of carbonyl (C=O) groups excluding carboxylic acids is 1. The number of allylic oxidation sites excluding steroid dienone is 1. The predicted molar refractivity (Wildman–Crippen MR) is 172 cm³/mol. The molecule has 0 aromatic heterocycles. The predicted octanol–water partition coefficient (Wildman–Crippen LogP) is 6.00. The molecule has 1 heterocycles. The van der Waals surface area contributed by atoms with Crippen molar-refractivity contribution in [3.05, 3.63) is 102 Å². The molecule has 1 saturated heterocycles. The molecule has 2 nitrogen and oxygen atoms in total. The van der Waals surface area contributed by atoms with Crippen LogP contribution in [0.1, 0.15) is 32.6 Å². The topological polar surface area (TPSA) is 20.3 Å². The molecule has 0 bridgehead atoms. The number of benzene rings is 3. The molecule has 3 aromatic carbocycles. The SMILES string of the molecule is C#CC[C@@H]1CC(=O)N(C(/C=C(\[CH2][Sn]([c]2ccccc2)([c]2ccccc2)[c]2ccccc2)[Si](C)(C)C)CCC)C1. The minimum atomic E-state index is -3.50. The molecule has 1 amide bonds. The summed E-state index contributed by atoms with van der Waals surface area (Å²) in [4.78, 5) is 15.4. The van der Waals surface area contributed by atoms with Gasteiger partial charge in [0.15, 0.2) is 0 Å². The number of hydrogen-bond acceptors (Lipinski definition) is 1. The molecule has 39 heavy (non-hydrogen) atoms. The standard InChI is InChI=1S/C17H28NOSi.3C6H5.Sn/c1-7-9-15-12-17(19)18(13-15)16(10-8-2)11-14(3)20(4,5)6;3*1-2-4-6-5-3-1;/h1,11,15-16H,3,8-10,12-13H2,2,4-6H3;3*1-5H;/b14-11+;;;;/t15-,16?;;;;/m1..../s1. The van der Waals surface area contributed by atoms with Crippen molar-refractivity contribution >= 4 is 43.1 Å². The van der Waals surface area contributed by atoms with Gasteiger partial charge < -0.3 is 0 Å². The molecular formula is C35H43NOSiSn. The molecule has 0 saturated carbocycles. The van der Waals surface area contributed by atoms with E-state index in [1.807, 2.05) is 0 Å². The van der Waals surface area contributed by atoms with Crippen molar-refractivity contribution in [3.8, 4) is 12.3 Å². The van der Waals surface area contributed by atoms with Gasteiger partial charge in [-0.15, -0.1) is 0 Å². The van der Waals surface area contributed by atoms with Crippen molar-refractivity contribution in [1.29, 1.82) is 0 Å². The summed E-state index contributed by atoms with van der Waals surface area (Å²) in [5.74, 6) is 3.34. The quantitative estimate of drug-likeness (QED) is 0.186. The molecule has 3 aromatic rings. The molecule has 0 spiro atoms. The van der Waals surface area contributed by atoms with Gasteiger partial charge in [-0.1, -0.05) is 0 Å². The number of rotatable bonds is 11. The van der Waals surface area contributed by atoms with Gasteiger partial charge in [0.05, 0.1) is 0 Å². The molecular weight excluding hydrogens is 597 g/mol. The first-order valence-corrected chi connectivity index (χ1v) is 24.2. The fourth-order valence-electron chi connectivity index (χ4n) is 6.12. The van der Waals surface area contributed by atoms with Crippen LogP contribution in [0.2, 0.25) is 24.1 Å². The van der Waals surface area contributed by atoms with Crippen LogP contribution in [0.4, 0.5) is 0 Å². The average Bonchev–Trinajstić information content (AvgIpc) is 3.31. The van der Waals surface area contributed by atoms with Gasteiger partial charge in [-0.25, -0.2) is 0 Å². The molecule has 4 rings (SSSR count). The van der Waals surface area contributed by atoms with Crippen molar-refractivity contribution in [2.75, 3.05) is 6.54 Å². The Hall–Kier alpha value is -2.55. The Balaban J connectivity index is 1.89. The first kappa shape index (κ1) is 29.4. The molecule has 0 aliphatic carbocycles. The zero-order chi connectivity index (χ0) is 27.9. The van der Waals surface area contributed by atoms with Crippen LogP contribution >= 0.6 is 0 Å². The number of carbonyl (C=O) groups is 1. The molecule has 4 heteroatoms. The van der Waals surface area contributed by atoms with E-state index in [2.05, 4.69) is 134 Å². The van der Waals surface area contributed by atoms with Crippen LogP contribution in [0.15, 0.2) is 102 Å². The van der Waals surface area contributed by atoms with Gasteiger partial charge in [0.2, 0.25) is 0 Å². The Labute approximate surface area is 241 Å². The van der Waals surface area contributed by atoms with Crippen LogP contribution in [0.25, 0.3) is 0 Å². The maximum atomic E-state index is 13.2. The van der Waals surface area contributed by atoms with Gasteiger partial charge in [0.1, 0.15) is 0 Å². The Kier molecular flexibility index (Phi) is 9.96. The van der Waals surface area contributed by atoms with E-state index < -0.39 is 26.5 Å². The summed E-state index contributed by atoms with van der Waals surface area (Å²) in [6.07, 6.45) is 11.5. The second-order valence-corrected chi connectivity index (χ2v) is 28.3. The van der Waals surface area contributed by atoms with Crippen LogP contribution in [0, 0.1) is 18.3 Å². The summed E-state index contributed by atoms with van der Waals surface area (Å²) in [5, 5.41) is 1.60. The molecule has 1 aliphatic rings. The first-order valence-electron chi connectivity index (χ1n) is 14.4. The Morgan fingerprint density at radius 2 is 1.44 bits per heavy atom. The van der Waals surface area contributed by atoms with E-state index in [0.717, 1.165) is 23.8 Å². The molecule has 1 fully saturated rings. The number of likely N-dealkylation sites (tertiary alicyclic amines) is 1. The van der Waals surface area contributed by atoms with Crippen LogP contribution in [0.5, 0.6) is 0 Å². The second-order valence-electron chi connectivity index (χ2n) is 12.0. The zero-order valence-electron chi connectivity index (χ0n) is 24.1. The molecule has 0 N–H and O–H groups in total. The third kappa shape index (κ3) is 6.78. The van der Waals surface area contributed by atoms with Gasteiger partial charge >= 0.3 is 243 Å². The molecule has 202 valence electrons. The molecule has 2 atom stereocenters. The minimum absolute atomic E-state index is 0.137. The zero-order valence-corrected chi connectivity index (χ0v) is 27.9. The maximum absolute atomic E-state index is 13.2. The van der Waals surface area contributed by atoms with Gasteiger partial charge in [-0.3, -0.25) is 0 Å². The van der Waals surface area contributed by atoms with Gasteiger partial charge in [-0.2, -0.15) is 0 Å². The van der Waals surface area contributed by atoms with E-state index in [-0.39, 0.29) is 17.9 Å².